The molecular formula is C12H17ClN4O4. The van der Waals surface area contributed by atoms with Crippen molar-refractivity contribution in [3.8, 4) is 5.88 Å². The van der Waals surface area contributed by atoms with Crippen molar-refractivity contribution in [1.29, 1.82) is 0 Å². The summed E-state index contributed by atoms with van der Waals surface area (Å²) < 4.78 is 21.0. The Labute approximate surface area is 126 Å². The van der Waals surface area contributed by atoms with E-state index in [-0.39, 0.29) is 5.28 Å². The van der Waals surface area contributed by atoms with Crippen molar-refractivity contribution >= 4 is 22.6 Å². The lowest BCUT2D eigenvalue weighted by Crippen LogP contribution is -2.12. The SMILES string of the molecule is COCCOCCOCCOc1nc(Cl)nc2[nH]ncc12. The largest absolute Gasteiger partial charge is 0.475 e. The Morgan fingerprint density at radius 1 is 1.05 bits per heavy atom. The number of nitrogens with zero attached hydrogens (tertiary/aromatic N) is 3. The molecule has 2 aromatic rings. The first-order valence-corrected chi connectivity index (χ1v) is 6.83. The van der Waals surface area contributed by atoms with Gasteiger partial charge in [0.15, 0.2) is 5.65 Å². The molecule has 0 bridgehead atoms. The van der Waals surface area contributed by atoms with E-state index in [9.17, 15) is 0 Å². The van der Waals surface area contributed by atoms with Crippen LogP contribution in [0.4, 0.5) is 0 Å². The summed E-state index contributed by atoms with van der Waals surface area (Å²) in [5.41, 5.74) is 0.539. The Kier molecular flexibility index (Phi) is 6.61. The second-order valence-corrected chi connectivity index (χ2v) is 4.33. The molecule has 0 saturated carbocycles. The molecule has 0 saturated heterocycles. The van der Waals surface area contributed by atoms with Crippen LogP contribution in [0, 0.1) is 0 Å². The molecule has 2 rings (SSSR count). The zero-order chi connectivity index (χ0) is 14.9. The zero-order valence-corrected chi connectivity index (χ0v) is 12.4. The van der Waals surface area contributed by atoms with Gasteiger partial charge in [-0.3, -0.25) is 5.10 Å². The van der Waals surface area contributed by atoms with Crippen LogP contribution in [-0.2, 0) is 14.2 Å². The number of halogens is 1. The molecule has 21 heavy (non-hydrogen) atoms. The number of hydrogen-bond donors (Lipinski definition) is 1. The predicted molar refractivity (Wildman–Crippen MR) is 75.7 cm³/mol. The Hall–Kier alpha value is -1.48. The van der Waals surface area contributed by atoms with Gasteiger partial charge in [-0.05, 0) is 11.6 Å². The Balaban J connectivity index is 1.65. The number of H-pyrrole nitrogens is 1. The van der Waals surface area contributed by atoms with Crippen molar-refractivity contribution < 1.29 is 18.9 Å². The Bertz CT molecular complexity index is 551. The second kappa shape index (κ2) is 8.73. The molecule has 0 aliphatic heterocycles. The molecule has 116 valence electrons. The van der Waals surface area contributed by atoms with E-state index in [0.29, 0.717) is 56.6 Å². The van der Waals surface area contributed by atoms with Crippen LogP contribution in [-0.4, -0.2) is 66.9 Å². The fraction of sp³-hybridized carbons (Fsp3) is 0.583. The summed E-state index contributed by atoms with van der Waals surface area (Å²) in [5.74, 6) is 0.388. The molecule has 1 N–H and O–H groups in total. The monoisotopic (exact) mass is 316 g/mol. The first-order valence-electron chi connectivity index (χ1n) is 6.45. The summed E-state index contributed by atoms with van der Waals surface area (Å²) in [5, 5.41) is 7.37. The lowest BCUT2D eigenvalue weighted by atomic mass is 10.4. The van der Waals surface area contributed by atoms with Crippen molar-refractivity contribution in [3.05, 3.63) is 11.5 Å². The number of fused-ring (bicyclic) bond motifs is 1. The van der Waals surface area contributed by atoms with E-state index in [2.05, 4.69) is 20.2 Å². The molecule has 0 amide bonds. The standard InChI is InChI=1S/C12H17ClN4O4/c1-18-2-3-19-4-5-20-6-7-21-11-9-8-14-17-10(9)15-12(13)16-11/h8H,2-7H2,1H3,(H,14,15,16,17). The summed E-state index contributed by atoms with van der Waals surface area (Å²) in [6.07, 6.45) is 1.59. The lowest BCUT2D eigenvalue weighted by Gasteiger charge is -2.07. The summed E-state index contributed by atoms with van der Waals surface area (Å²) in [7, 11) is 1.63. The third-order valence-electron chi connectivity index (χ3n) is 2.52. The van der Waals surface area contributed by atoms with Crippen LogP contribution >= 0.6 is 11.6 Å². The Morgan fingerprint density at radius 3 is 2.52 bits per heavy atom. The van der Waals surface area contributed by atoms with E-state index in [4.69, 9.17) is 30.5 Å². The first kappa shape index (κ1) is 15.9. The maximum atomic E-state index is 5.80. The summed E-state index contributed by atoms with van der Waals surface area (Å²) in [6.45, 7) is 2.94. The molecule has 0 unspecified atom stereocenters. The molecule has 0 atom stereocenters. The van der Waals surface area contributed by atoms with Gasteiger partial charge in [0.2, 0.25) is 11.2 Å². The van der Waals surface area contributed by atoms with E-state index >= 15 is 0 Å². The molecule has 0 fully saturated rings. The van der Waals surface area contributed by atoms with Crippen molar-refractivity contribution in [3.63, 3.8) is 0 Å². The van der Waals surface area contributed by atoms with Crippen LogP contribution in [0.5, 0.6) is 5.88 Å². The highest BCUT2D eigenvalue weighted by Gasteiger charge is 2.09. The molecule has 2 heterocycles. The molecule has 0 aliphatic carbocycles. The van der Waals surface area contributed by atoms with Crippen molar-refractivity contribution in [1.82, 2.24) is 20.2 Å². The number of rotatable bonds is 10. The maximum Gasteiger partial charge on any atom is 0.229 e. The van der Waals surface area contributed by atoms with Crippen molar-refractivity contribution in [2.24, 2.45) is 0 Å². The molecule has 9 heteroatoms. The summed E-state index contributed by atoms with van der Waals surface area (Å²) in [4.78, 5) is 8.01. The van der Waals surface area contributed by atoms with Gasteiger partial charge in [-0.2, -0.15) is 15.1 Å². The van der Waals surface area contributed by atoms with Gasteiger partial charge >= 0.3 is 0 Å². The number of aromatic nitrogens is 4. The van der Waals surface area contributed by atoms with Crippen LogP contribution in [0.2, 0.25) is 5.28 Å². The minimum absolute atomic E-state index is 0.106. The highest BCUT2D eigenvalue weighted by atomic mass is 35.5. The van der Waals surface area contributed by atoms with Crippen LogP contribution < -0.4 is 4.74 Å². The van der Waals surface area contributed by atoms with Gasteiger partial charge in [-0.25, -0.2) is 0 Å². The number of aromatic amines is 1. The minimum Gasteiger partial charge on any atom is -0.475 e. The van der Waals surface area contributed by atoms with E-state index in [1.165, 1.54) is 0 Å². The third kappa shape index (κ3) is 5.09. The molecule has 0 aromatic carbocycles. The molecule has 0 aliphatic rings. The molecule has 2 aromatic heterocycles. The van der Waals surface area contributed by atoms with Crippen molar-refractivity contribution in [2.75, 3.05) is 46.8 Å². The van der Waals surface area contributed by atoms with E-state index < -0.39 is 0 Å². The fourth-order valence-electron chi connectivity index (χ4n) is 1.55. The van der Waals surface area contributed by atoms with Crippen LogP contribution in [0.25, 0.3) is 11.0 Å². The van der Waals surface area contributed by atoms with Gasteiger partial charge in [-0.15, -0.1) is 0 Å². The molecule has 0 spiro atoms. The van der Waals surface area contributed by atoms with E-state index in [0.717, 1.165) is 0 Å². The smallest absolute Gasteiger partial charge is 0.229 e. The van der Waals surface area contributed by atoms with Crippen molar-refractivity contribution in [2.45, 2.75) is 0 Å². The number of hydrogen-bond acceptors (Lipinski definition) is 7. The highest BCUT2D eigenvalue weighted by Crippen LogP contribution is 2.21. The van der Waals surface area contributed by atoms with Crippen LogP contribution in [0.1, 0.15) is 0 Å². The normalized spacial score (nSPS) is 11.1. The van der Waals surface area contributed by atoms with E-state index in [1.807, 2.05) is 0 Å². The number of nitrogens with one attached hydrogen (secondary N) is 1. The van der Waals surface area contributed by atoms with Gasteiger partial charge < -0.3 is 18.9 Å². The summed E-state index contributed by atoms with van der Waals surface area (Å²) >= 11 is 5.80. The maximum absolute atomic E-state index is 5.80. The molecule has 0 radical (unpaired) electrons. The average Bonchev–Trinajstić information content (AvgIpc) is 2.93. The Morgan fingerprint density at radius 2 is 1.76 bits per heavy atom. The quantitative estimate of drug-likeness (QED) is 0.517. The number of ether oxygens (including phenoxy) is 4. The van der Waals surface area contributed by atoms with Gasteiger partial charge in [0.25, 0.3) is 0 Å². The molecular weight excluding hydrogens is 300 g/mol. The first-order chi connectivity index (χ1) is 10.3. The second-order valence-electron chi connectivity index (χ2n) is 4.00. The third-order valence-corrected chi connectivity index (χ3v) is 2.69. The van der Waals surface area contributed by atoms with E-state index in [1.54, 1.807) is 13.3 Å². The van der Waals surface area contributed by atoms with Gasteiger partial charge in [0.05, 0.1) is 39.2 Å². The molecule has 8 nitrogen and oxygen atoms in total. The highest BCUT2D eigenvalue weighted by molar-refractivity contribution is 6.28. The predicted octanol–water partition coefficient (Wildman–Crippen LogP) is 1.06. The van der Waals surface area contributed by atoms with Gasteiger partial charge in [-0.1, -0.05) is 0 Å². The van der Waals surface area contributed by atoms with Crippen LogP contribution in [0.3, 0.4) is 0 Å². The fourth-order valence-corrected chi connectivity index (χ4v) is 1.72. The zero-order valence-electron chi connectivity index (χ0n) is 11.7. The van der Waals surface area contributed by atoms with Crippen LogP contribution in [0.15, 0.2) is 6.20 Å². The van der Waals surface area contributed by atoms with Gasteiger partial charge in [0.1, 0.15) is 12.0 Å². The summed E-state index contributed by atoms with van der Waals surface area (Å²) in [6, 6.07) is 0. The average molecular weight is 317 g/mol. The number of methoxy groups -OCH3 is 1. The topological polar surface area (TPSA) is 91.4 Å². The minimum atomic E-state index is 0.106. The lowest BCUT2D eigenvalue weighted by molar-refractivity contribution is 0.0178. The van der Waals surface area contributed by atoms with Gasteiger partial charge in [0, 0.05) is 7.11 Å².